The summed E-state index contributed by atoms with van der Waals surface area (Å²) in [5, 5.41) is 10.7. The SMILES string of the molecule is CC(C)(C)OC(=O)N1CCC(O)(c2cccc(N)n2)CC1. The predicted octanol–water partition coefficient (Wildman–Crippen LogP) is 1.88. The molecule has 1 fully saturated rings. The lowest BCUT2D eigenvalue weighted by atomic mass is 9.88. The van der Waals surface area contributed by atoms with Gasteiger partial charge in [-0.05, 0) is 45.7 Å². The van der Waals surface area contributed by atoms with Gasteiger partial charge >= 0.3 is 6.09 Å². The summed E-state index contributed by atoms with van der Waals surface area (Å²) >= 11 is 0. The number of amides is 1. The number of aliphatic hydroxyl groups is 1. The van der Waals surface area contributed by atoms with Crippen LogP contribution in [0.25, 0.3) is 0 Å². The summed E-state index contributed by atoms with van der Waals surface area (Å²) in [5.41, 5.74) is 4.68. The zero-order valence-electron chi connectivity index (χ0n) is 12.8. The molecule has 0 aromatic carbocycles. The summed E-state index contributed by atoms with van der Waals surface area (Å²) < 4.78 is 5.34. The van der Waals surface area contributed by atoms with E-state index in [0.717, 1.165) is 0 Å². The average Bonchev–Trinajstić information content (AvgIpc) is 2.37. The Kier molecular flexibility index (Phi) is 4.09. The standard InChI is InChI=1S/C15H23N3O3/c1-14(2,3)21-13(19)18-9-7-15(20,8-10-18)11-5-4-6-12(16)17-11/h4-6,20H,7-10H2,1-3H3,(H2,16,17). The molecule has 0 saturated carbocycles. The molecule has 6 heteroatoms. The second kappa shape index (κ2) is 5.52. The van der Waals surface area contributed by atoms with E-state index in [1.54, 1.807) is 23.1 Å². The quantitative estimate of drug-likeness (QED) is 0.825. The van der Waals surface area contributed by atoms with Gasteiger partial charge in [0.1, 0.15) is 17.0 Å². The van der Waals surface area contributed by atoms with E-state index in [2.05, 4.69) is 4.98 Å². The Morgan fingerprint density at radius 3 is 2.52 bits per heavy atom. The zero-order valence-corrected chi connectivity index (χ0v) is 12.8. The minimum absolute atomic E-state index is 0.343. The Bertz CT molecular complexity index is 517. The van der Waals surface area contributed by atoms with Crippen LogP contribution < -0.4 is 5.73 Å². The number of nitrogens with two attached hydrogens (primary N) is 1. The van der Waals surface area contributed by atoms with Crippen molar-refractivity contribution in [2.45, 2.75) is 44.8 Å². The van der Waals surface area contributed by atoms with Crippen molar-refractivity contribution >= 4 is 11.9 Å². The smallest absolute Gasteiger partial charge is 0.410 e. The first-order valence-electron chi connectivity index (χ1n) is 7.13. The molecule has 1 amide bonds. The van der Waals surface area contributed by atoms with Gasteiger partial charge in [-0.2, -0.15) is 0 Å². The fourth-order valence-corrected chi connectivity index (χ4v) is 2.35. The van der Waals surface area contributed by atoms with Crippen LogP contribution >= 0.6 is 0 Å². The molecule has 3 N–H and O–H groups in total. The monoisotopic (exact) mass is 293 g/mol. The molecule has 6 nitrogen and oxygen atoms in total. The van der Waals surface area contributed by atoms with Crippen LogP contribution in [0.5, 0.6) is 0 Å². The number of rotatable bonds is 1. The third-order valence-corrected chi connectivity index (χ3v) is 3.49. The lowest BCUT2D eigenvalue weighted by Gasteiger charge is -2.38. The van der Waals surface area contributed by atoms with E-state index in [-0.39, 0.29) is 6.09 Å². The number of ether oxygens (including phenoxy) is 1. The molecule has 116 valence electrons. The molecule has 1 aromatic rings. The van der Waals surface area contributed by atoms with Gasteiger partial charge in [0.15, 0.2) is 0 Å². The number of pyridine rings is 1. The first-order valence-corrected chi connectivity index (χ1v) is 7.13. The zero-order chi connectivity index (χ0) is 15.7. The van der Waals surface area contributed by atoms with E-state index in [1.165, 1.54) is 0 Å². The first-order chi connectivity index (χ1) is 9.70. The second-order valence-electron chi connectivity index (χ2n) is 6.45. The summed E-state index contributed by atoms with van der Waals surface area (Å²) in [6, 6.07) is 5.22. The lowest BCUT2D eigenvalue weighted by Crippen LogP contribution is -2.47. The molecule has 1 aromatic heterocycles. The van der Waals surface area contributed by atoms with Crippen molar-refractivity contribution in [2.24, 2.45) is 0 Å². The van der Waals surface area contributed by atoms with Gasteiger partial charge in [-0.3, -0.25) is 0 Å². The maximum Gasteiger partial charge on any atom is 0.410 e. The fourth-order valence-electron chi connectivity index (χ4n) is 2.35. The van der Waals surface area contributed by atoms with Crippen LogP contribution in [0.2, 0.25) is 0 Å². The van der Waals surface area contributed by atoms with Crippen LogP contribution in [-0.2, 0) is 10.3 Å². The highest BCUT2D eigenvalue weighted by molar-refractivity contribution is 5.68. The van der Waals surface area contributed by atoms with Crippen molar-refractivity contribution in [3.05, 3.63) is 23.9 Å². The van der Waals surface area contributed by atoms with Gasteiger partial charge in [-0.1, -0.05) is 6.07 Å². The summed E-state index contributed by atoms with van der Waals surface area (Å²) in [4.78, 5) is 17.8. The van der Waals surface area contributed by atoms with E-state index in [9.17, 15) is 9.90 Å². The Morgan fingerprint density at radius 2 is 2.00 bits per heavy atom. The van der Waals surface area contributed by atoms with Crippen molar-refractivity contribution in [2.75, 3.05) is 18.8 Å². The molecular formula is C15H23N3O3. The molecule has 2 rings (SSSR count). The van der Waals surface area contributed by atoms with Gasteiger partial charge in [0.25, 0.3) is 0 Å². The number of piperidine rings is 1. The maximum absolute atomic E-state index is 12.0. The first kappa shape index (κ1) is 15.6. The summed E-state index contributed by atoms with van der Waals surface area (Å²) in [6.45, 7) is 6.37. The lowest BCUT2D eigenvalue weighted by molar-refractivity contribution is -0.0380. The Hall–Kier alpha value is -1.82. The summed E-state index contributed by atoms with van der Waals surface area (Å²) in [7, 11) is 0. The topological polar surface area (TPSA) is 88.7 Å². The average molecular weight is 293 g/mol. The van der Waals surface area contributed by atoms with Crippen molar-refractivity contribution in [3.8, 4) is 0 Å². The molecule has 0 bridgehead atoms. The largest absolute Gasteiger partial charge is 0.444 e. The van der Waals surface area contributed by atoms with Gasteiger partial charge in [0, 0.05) is 13.1 Å². The normalized spacial score (nSPS) is 18.4. The number of anilines is 1. The molecule has 21 heavy (non-hydrogen) atoms. The molecular weight excluding hydrogens is 270 g/mol. The Labute approximate surface area is 124 Å². The number of carbonyl (C=O) groups is 1. The van der Waals surface area contributed by atoms with Crippen LogP contribution in [0.4, 0.5) is 10.6 Å². The highest BCUT2D eigenvalue weighted by Gasteiger charge is 2.37. The van der Waals surface area contributed by atoms with Gasteiger partial charge in [-0.25, -0.2) is 9.78 Å². The van der Waals surface area contributed by atoms with E-state index in [0.29, 0.717) is 37.4 Å². The van der Waals surface area contributed by atoms with Crippen molar-refractivity contribution in [1.29, 1.82) is 0 Å². The molecule has 0 radical (unpaired) electrons. The van der Waals surface area contributed by atoms with Crippen molar-refractivity contribution in [1.82, 2.24) is 9.88 Å². The van der Waals surface area contributed by atoms with Gasteiger partial charge in [-0.15, -0.1) is 0 Å². The number of nitrogens with zero attached hydrogens (tertiary/aromatic N) is 2. The van der Waals surface area contributed by atoms with Gasteiger partial charge < -0.3 is 20.5 Å². The number of nitrogen functional groups attached to an aromatic ring is 1. The minimum Gasteiger partial charge on any atom is -0.444 e. The molecule has 2 heterocycles. The van der Waals surface area contributed by atoms with Crippen LogP contribution in [0, 0.1) is 0 Å². The minimum atomic E-state index is -1.03. The van der Waals surface area contributed by atoms with E-state index >= 15 is 0 Å². The van der Waals surface area contributed by atoms with E-state index in [1.807, 2.05) is 20.8 Å². The highest BCUT2D eigenvalue weighted by atomic mass is 16.6. The fraction of sp³-hybridized carbons (Fsp3) is 0.600. The number of carbonyl (C=O) groups excluding carboxylic acids is 1. The number of hydrogen-bond acceptors (Lipinski definition) is 5. The molecule has 0 atom stereocenters. The molecule has 1 aliphatic heterocycles. The summed E-state index contributed by atoms with van der Waals surface area (Å²) in [6.07, 6.45) is 0.496. The number of aromatic nitrogens is 1. The maximum atomic E-state index is 12.0. The second-order valence-corrected chi connectivity index (χ2v) is 6.45. The highest BCUT2D eigenvalue weighted by Crippen LogP contribution is 2.32. The van der Waals surface area contributed by atoms with Crippen LogP contribution in [0.15, 0.2) is 18.2 Å². The molecule has 0 unspecified atom stereocenters. The van der Waals surface area contributed by atoms with Gasteiger partial charge in [0.2, 0.25) is 0 Å². The van der Waals surface area contributed by atoms with Crippen molar-refractivity contribution in [3.63, 3.8) is 0 Å². The van der Waals surface area contributed by atoms with Crippen LogP contribution in [0.1, 0.15) is 39.3 Å². The molecule has 1 aliphatic rings. The third kappa shape index (κ3) is 3.85. The number of hydrogen-bond donors (Lipinski definition) is 2. The molecule has 0 aliphatic carbocycles. The van der Waals surface area contributed by atoms with Crippen LogP contribution in [-0.4, -0.2) is 39.8 Å². The van der Waals surface area contributed by atoms with E-state index < -0.39 is 11.2 Å². The Balaban J connectivity index is 2.01. The van der Waals surface area contributed by atoms with Crippen LogP contribution in [0.3, 0.4) is 0 Å². The predicted molar refractivity (Wildman–Crippen MR) is 79.6 cm³/mol. The Morgan fingerprint density at radius 1 is 1.38 bits per heavy atom. The third-order valence-electron chi connectivity index (χ3n) is 3.49. The van der Waals surface area contributed by atoms with E-state index in [4.69, 9.17) is 10.5 Å². The molecule has 1 saturated heterocycles. The summed E-state index contributed by atoms with van der Waals surface area (Å²) in [5.74, 6) is 0.385. The molecule has 0 spiro atoms. The number of likely N-dealkylation sites (tertiary alicyclic amines) is 1. The van der Waals surface area contributed by atoms with Gasteiger partial charge in [0.05, 0.1) is 5.69 Å². The van der Waals surface area contributed by atoms with Crippen molar-refractivity contribution < 1.29 is 14.6 Å².